The Morgan fingerprint density at radius 2 is 1.97 bits per heavy atom. The van der Waals surface area contributed by atoms with Gasteiger partial charge < -0.3 is 20.9 Å². The Morgan fingerprint density at radius 3 is 2.70 bits per heavy atom. The van der Waals surface area contributed by atoms with Crippen molar-refractivity contribution in [3.05, 3.63) is 76.9 Å². The van der Waals surface area contributed by atoms with Crippen molar-refractivity contribution in [2.75, 3.05) is 24.5 Å². The summed E-state index contributed by atoms with van der Waals surface area (Å²) in [4.78, 5) is 18.5. The summed E-state index contributed by atoms with van der Waals surface area (Å²) in [6, 6.07) is 14.4. The van der Waals surface area contributed by atoms with Crippen LogP contribution < -0.4 is 16.0 Å². The summed E-state index contributed by atoms with van der Waals surface area (Å²) >= 11 is 3.49. The van der Waals surface area contributed by atoms with Gasteiger partial charge in [0.1, 0.15) is 11.6 Å². The Morgan fingerprint density at radius 1 is 1.10 bits per heavy atom. The van der Waals surface area contributed by atoms with Gasteiger partial charge in [-0.1, -0.05) is 34.1 Å². The number of hydrogen-bond acceptors (Lipinski definition) is 4. The van der Waals surface area contributed by atoms with Gasteiger partial charge in [-0.15, -0.1) is 0 Å². The average Bonchev–Trinajstić information content (AvgIpc) is 3.29. The van der Waals surface area contributed by atoms with Gasteiger partial charge in [-0.25, -0.2) is 9.97 Å². The van der Waals surface area contributed by atoms with E-state index in [9.17, 15) is 0 Å². The smallest absolute Gasteiger partial charge is 0.188 e. The maximum Gasteiger partial charge on any atom is 0.188 e. The highest BCUT2D eigenvalue weighted by Gasteiger charge is 2.08. The van der Waals surface area contributed by atoms with Crippen LogP contribution in [0.1, 0.15) is 24.2 Å². The third-order valence-electron chi connectivity index (χ3n) is 4.58. The summed E-state index contributed by atoms with van der Waals surface area (Å²) in [6.45, 7) is 3.09. The van der Waals surface area contributed by atoms with E-state index in [0.717, 1.165) is 55.0 Å². The molecule has 7 nitrogen and oxygen atoms in total. The molecule has 3 rings (SSSR count). The quantitative estimate of drug-likeness (QED) is 0.227. The molecule has 0 radical (unpaired) electrons. The zero-order chi connectivity index (χ0) is 21.0. The first kappa shape index (κ1) is 21.8. The van der Waals surface area contributed by atoms with Gasteiger partial charge in [0.15, 0.2) is 5.96 Å². The van der Waals surface area contributed by atoms with Crippen molar-refractivity contribution in [3.8, 4) is 0 Å². The summed E-state index contributed by atoms with van der Waals surface area (Å²) in [5.41, 5.74) is 7.22. The summed E-state index contributed by atoms with van der Waals surface area (Å²) in [5.74, 6) is 2.45. The van der Waals surface area contributed by atoms with Gasteiger partial charge in [-0.3, -0.25) is 4.99 Å². The predicted octanol–water partition coefficient (Wildman–Crippen LogP) is 3.50. The van der Waals surface area contributed by atoms with Crippen LogP contribution in [0.15, 0.2) is 70.5 Å². The minimum Gasteiger partial charge on any atom is -0.370 e. The molecule has 30 heavy (non-hydrogen) atoms. The molecule has 0 atom stereocenters. The number of nitrogens with two attached hydrogens (primary N) is 1. The van der Waals surface area contributed by atoms with E-state index in [2.05, 4.69) is 70.4 Å². The number of imidazole rings is 1. The number of anilines is 1. The number of guanidine groups is 1. The standard InChI is InChI=1S/C22H28BrN7/c23-19-9-7-18(8-10-19)17-30(21-6-1-2-11-27-21)16-4-13-29-22(24)28-12-3-5-20-25-14-15-26-20/h1-2,6-11,14-15H,3-5,12-13,16-17H2,(H,25,26)(H3,24,28,29). The second-order valence-corrected chi connectivity index (χ2v) is 7.84. The number of hydrogen-bond donors (Lipinski definition) is 3. The number of aliphatic imine (C=N–C) groups is 1. The van der Waals surface area contributed by atoms with Crippen LogP contribution in [0.5, 0.6) is 0 Å². The van der Waals surface area contributed by atoms with Crippen molar-refractivity contribution in [3.63, 3.8) is 0 Å². The topological polar surface area (TPSA) is 95.2 Å². The van der Waals surface area contributed by atoms with Crippen LogP contribution in [-0.4, -0.2) is 40.5 Å². The number of nitrogens with one attached hydrogen (secondary N) is 2. The summed E-state index contributed by atoms with van der Waals surface area (Å²) in [7, 11) is 0. The largest absolute Gasteiger partial charge is 0.370 e. The van der Waals surface area contributed by atoms with Crippen molar-refractivity contribution in [2.24, 2.45) is 10.7 Å². The zero-order valence-electron chi connectivity index (χ0n) is 17.0. The highest BCUT2D eigenvalue weighted by atomic mass is 79.9. The summed E-state index contributed by atoms with van der Waals surface area (Å²) < 4.78 is 1.08. The third kappa shape index (κ3) is 7.51. The Hall–Kier alpha value is -2.87. The van der Waals surface area contributed by atoms with E-state index < -0.39 is 0 Å². The molecule has 0 aliphatic heterocycles. The lowest BCUT2D eigenvalue weighted by atomic mass is 10.2. The molecule has 0 aliphatic carbocycles. The maximum absolute atomic E-state index is 5.98. The molecule has 4 N–H and O–H groups in total. The van der Waals surface area contributed by atoms with Crippen molar-refractivity contribution >= 4 is 27.7 Å². The van der Waals surface area contributed by atoms with Crippen molar-refractivity contribution in [1.29, 1.82) is 0 Å². The van der Waals surface area contributed by atoms with Gasteiger partial charge >= 0.3 is 0 Å². The minimum absolute atomic E-state index is 0.492. The van der Waals surface area contributed by atoms with E-state index in [4.69, 9.17) is 5.73 Å². The van der Waals surface area contributed by atoms with E-state index >= 15 is 0 Å². The SMILES string of the molecule is NC(=NCCCN(Cc1ccc(Br)cc1)c1ccccn1)NCCCc1ncc[nH]1. The molecule has 3 aromatic rings. The van der Waals surface area contributed by atoms with Crippen molar-refractivity contribution in [1.82, 2.24) is 20.3 Å². The zero-order valence-corrected chi connectivity index (χ0v) is 18.6. The Bertz CT molecular complexity index is 880. The Balaban J connectivity index is 1.44. The summed E-state index contributed by atoms with van der Waals surface area (Å²) in [5, 5.41) is 3.17. The molecule has 2 heterocycles. The molecule has 2 aromatic heterocycles. The first-order valence-corrected chi connectivity index (χ1v) is 10.9. The van der Waals surface area contributed by atoms with Gasteiger partial charge in [-0.2, -0.15) is 0 Å². The van der Waals surface area contributed by atoms with Gasteiger partial charge in [-0.05, 0) is 42.7 Å². The lowest BCUT2D eigenvalue weighted by Gasteiger charge is -2.23. The van der Waals surface area contributed by atoms with E-state index in [1.807, 2.05) is 30.6 Å². The van der Waals surface area contributed by atoms with Crippen LogP contribution in [0, 0.1) is 0 Å². The van der Waals surface area contributed by atoms with E-state index in [1.54, 1.807) is 6.20 Å². The van der Waals surface area contributed by atoms with Gasteiger partial charge in [0.05, 0.1) is 0 Å². The fourth-order valence-electron chi connectivity index (χ4n) is 3.05. The molecule has 158 valence electrons. The molecule has 0 aliphatic rings. The number of benzene rings is 1. The second-order valence-electron chi connectivity index (χ2n) is 6.92. The van der Waals surface area contributed by atoms with Gasteiger partial charge in [0, 0.05) is 55.7 Å². The van der Waals surface area contributed by atoms with Crippen LogP contribution >= 0.6 is 15.9 Å². The number of halogens is 1. The third-order valence-corrected chi connectivity index (χ3v) is 5.11. The molecule has 0 spiro atoms. The van der Waals surface area contributed by atoms with Crippen LogP contribution in [0.25, 0.3) is 0 Å². The molecule has 0 saturated carbocycles. The van der Waals surface area contributed by atoms with E-state index in [0.29, 0.717) is 12.5 Å². The van der Waals surface area contributed by atoms with Crippen molar-refractivity contribution in [2.45, 2.75) is 25.8 Å². The van der Waals surface area contributed by atoms with E-state index in [1.165, 1.54) is 5.56 Å². The molecule has 1 aromatic carbocycles. The Kier molecular flexibility index (Phi) is 8.71. The van der Waals surface area contributed by atoms with E-state index in [-0.39, 0.29) is 0 Å². The molecular weight excluding hydrogens is 442 g/mol. The molecule has 0 amide bonds. The number of aryl methyl sites for hydroxylation is 1. The fraction of sp³-hybridized carbons (Fsp3) is 0.318. The number of nitrogens with zero attached hydrogens (tertiary/aromatic N) is 4. The lowest BCUT2D eigenvalue weighted by molar-refractivity contribution is 0.717. The predicted molar refractivity (Wildman–Crippen MR) is 125 cm³/mol. The number of aromatic amines is 1. The number of H-pyrrole nitrogens is 1. The van der Waals surface area contributed by atoms with Gasteiger partial charge in [0.2, 0.25) is 0 Å². The molecule has 0 saturated heterocycles. The molecule has 0 unspecified atom stereocenters. The van der Waals surface area contributed by atoms with Crippen LogP contribution in [0.4, 0.5) is 5.82 Å². The van der Waals surface area contributed by atoms with Crippen LogP contribution in [-0.2, 0) is 13.0 Å². The average molecular weight is 470 g/mol. The lowest BCUT2D eigenvalue weighted by Crippen LogP contribution is -2.33. The molecule has 8 heteroatoms. The molecule has 0 fully saturated rings. The van der Waals surface area contributed by atoms with Crippen LogP contribution in [0.3, 0.4) is 0 Å². The molecular formula is C22H28BrN7. The number of aromatic nitrogens is 3. The number of pyridine rings is 1. The fourth-order valence-corrected chi connectivity index (χ4v) is 3.31. The number of rotatable bonds is 11. The second kappa shape index (κ2) is 12.0. The normalized spacial score (nSPS) is 11.4. The van der Waals surface area contributed by atoms with Crippen LogP contribution in [0.2, 0.25) is 0 Å². The summed E-state index contributed by atoms with van der Waals surface area (Å²) in [6.07, 6.45) is 8.16. The minimum atomic E-state index is 0.492. The first-order valence-electron chi connectivity index (χ1n) is 10.1. The molecule has 0 bridgehead atoms. The van der Waals surface area contributed by atoms with Gasteiger partial charge in [0.25, 0.3) is 0 Å². The van der Waals surface area contributed by atoms with Crippen molar-refractivity contribution < 1.29 is 0 Å². The maximum atomic E-state index is 5.98. The highest BCUT2D eigenvalue weighted by Crippen LogP contribution is 2.16. The highest BCUT2D eigenvalue weighted by molar-refractivity contribution is 9.10. The Labute approximate surface area is 186 Å². The monoisotopic (exact) mass is 469 g/mol. The first-order chi connectivity index (χ1) is 14.7.